The number of hydrogen-bond acceptors (Lipinski definition) is 4. The maximum atomic E-state index is 9.80. The number of benzene rings is 1. The van der Waals surface area contributed by atoms with Gasteiger partial charge in [-0.25, -0.2) is 0 Å². The summed E-state index contributed by atoms with van der Waals surface area (Å²) >= 11 is 0. The smallest absolute Gasteiger partial charge is 0.200 e. The summed E-state index contributed by atoms with van der Waals surface area (Å²) in [5.74, 6) is 0.967. The van der Waals surface area contributed by atoms with Gasteiger partial charge in [-0.1, -0.05) is 6.07 Å². The monoisotopic (exact) mass is 209 g/mol. The first-order valence-electron chi connectivity index (χ1n) is 4.90. The molecule has 1 aliphatic rings. The minimum Gasteiger partial charge on any atom is -0.502 e. The lowest BCUT2D eigenvalue weighted by Crippen LogP contribution is -2.61. The van der Waals surface area contributed by atoms with E-state index in [1.807, 2.05) is 6.92 Å². The van der Waals surface area contributed by atoms with Gasteiger partial charge in [0.15, 0.2) is 11.5 Å². The van der Waals surface area contributed by atoms with Crippen LogP contribution in [0.1, 0.15) is 6.92 Å². The Balaban J connectivity index is 2.20. The highest BCUT2D eigenvalue weighted by atomic mass is 16.5. The van der Waals surface area contributed by atoms with Crippen molar-refractivity contribution in [1.82, 2.24) is 5.32 Å². The third-order valence-corrected chi connectivity index (χ3v) is 2.54. The van der Waals surface area contributed by atoms with Crippen LogP contribution in [0.4, 0.5) is 0 Å². The second-order valence-electron chi connectivity index (χ2n) is 3.96. The Kier molecular flexibility index (Phi) is 2.44. The van der Waals surface area contributed by atoms with Gasteiger partial charge in [0.25, 0.3) is 0 Å². The third kappa shape index (κ3) is 1.85. The Bertz CT molecular complexity index is 361. The van der Waals surface area contributed by atoms with Crippen LogP contribution in [0.5, 0.6) is 17.2 Å². The van der Waals surface area contributed by atoms with Gasteiger partial charge in [-0.2, -0.15) is 0 Å². The number of methoxy groups -OCH3 is 1. The van der Waals surface area contributed by atoms with E-state index in [9.17, 15) is 5.11 Å². The Hall–Kier alpha value is -1.42. The SMILES string of the molecule is COc1cccc(OC2(C)CNC2)c1O. The minimum atomic E-state index is -0.218. The number of hydrogen-bond donors (Lipinski definition) is 2. The van der Waals surface area contributed by atoms with E-state index in [1.165, 1.54) is 7.11 Å². The van der Waals surface area contributed by atoms with Crippen molar-refractivity contribution < 1.29 is 14.6 Å². The summed E-state index contributed by atoms with van der Waals surface area (Å²) in [5.41, 5.74) is -0.218. The van der Waals surface area contributed by atoms with Crippen LogP contribution in [0.3, 0.4) is 0 Å². The van der Waals surface area contributed by atoms with E-state index in [4.69, 9.17) is 9.47 Å². The predicted octanol–water partition coefficient (Wildman–Crippen LogP) is 1.14. The molecule has 15 heavy (non-hydrogen) atoms. The van der Waals surface area contributed by atoms with Crippen molar-refractivity contribution in [2.75, 3.05) is 20.2 Å². The maximum absolute atomic E-state index is 9.80. The lowest BCUT2D eigenvalue weighted by Gasteiger charge is -2.39. The molecular weight excluding hydrogens is 194 g/mol. The number of phenols is 1. The van der Waals surface area contributed by atoms with Gasteiger partial charge >= 0.3 is 0 Å². The van der Waals surface area contributed by atoms with Gasteiger partial charge in [0, 0.05) is 13.1 Å². The molecule has 1 aromatic rings. The first-order chi connectivity index (χ1) is 7.14. The summed E-state index contributed by atoms with van der Waals surface area (Å²) in [6.07, 6.45) is 0. The minimum absolute atomic E-state index is 0.0631. The second kappa shape index (κ2) is 3.62. The van der Waals surface area contributed by atoms with Crippen molar-refractivity contribution in [1.29, 1.82) is 0 Å². The van der Waals surface area contributed by atoms with Crippen molar-refractivity contribution >= 4 is 0 Å². The molecule has 0 aromatic heterocycles. The summed E-state index contributed by atoms with van der Waals surface area (Å²) < 4.78 is 10.7. The average Bonchev–Trinajstić information content (AvgIpc) is 2.19. The summed E-state index contributed by atoms with van der Waals surface area (Å²) in [7, 11) is 1.52. The number of rotatable bonds is 3. The molecule has 2 rings (SSSR count). The van der Waals surface area contributed by atoms with Gasteiger partial charge in [0.05, 0.1) is 7.11 Å². The van der Waals surface area contributed by atoms with Crippen molar-refractivity contribution in [3.63, 3.8) is 0 Å². The first kappa shape index (κ1) is 10.1. The molecule has 0 unspecified atom stereocenters. The van der Waals surface area contributed by atoms with E-state index in [0.717, 1.165) is 13.1 Å². The fourth-order valence-corrected chi connectivity index (χ4v) is 1.56. The molecule has 1 saturated heterocycles. The fourth-order valence-electron chi connectivity index (χ4n) is 1.56. The van der Waals surface area contributed by atoms with E-state index < -0.39 is 0 Å². The molecule has 4 nitrogen and oxygen atoms in total. The number of ether oxygens (including phenoxy) is 2. The van der Waals surface area contributed by atoms with Crippen LogP contribution >= 0.6 is 0 Å². The topological polar surface area (TPSA) is 50.7 Å². The van der Waals surface area contributed by atoms with Gasteiger partial charge in [0.1, 0.15) is 5.60 Å². The van der Waals surface area contributed by atoms with Crippen LogP contribution in [-0.4, -0.2) is 30.9 Å². The van der Waals surface area contributed by atoms with Gasteiger partial charge in [-0.15, -0.1) is 0 Å². The Morgan fingerprint density at radius 2 is 2.00 bits per heavy atom. The van der Waals surface area contributed by atoms with E-state index in [1.54, 1.807) is 18.2 Å². The fraction of sp³-hybridized carbons (Fsp3) is 0.455. The van der Waals surface area contributed by atoms with Gasteiger partial charge in [-0.3, -0.25) is 0 Å². The molecule has 1 aromatic carbocycles. The van der Waals surface area contributed by atoms with E-state index in [2.05, 4.69) is 5.32 Å². The molecule has 0 spiro atoms. The quantitative estimate of drug-likeness (QED) is 0.783. The second-order valence-corrected chi connectivity index (χ2v) is 3.96. The molecule has 82 valence electrons. The zero-order chi connectivity index (χ0) is 10.9. The van der Waals surface area contributed by atoms with E-state index in [-0.39, 0.29) is 11.4 Å². The van der Waals surface area contributed by atoms with Crippen LogP contribution in [0.15, 0.2) is 18.2 Å². The van der Waals surface area contributed by atoms with Crippen LogP contribution in [0, 0.1) is 0 Å². The standard InChI is InChI=1S/C11H15NO3/c1-11(6-12-7-11)15-9-5-3-4-8(14-2)10(9)13/h3-5,12-13H,6-7H2,1-2H3. The molecule has 0 saturated carbocycles. The summed E-state index contributed by atoms with van der Waals surface area (Å²) in [5, 5.41) is 12.9. The predicted molar refractivity (Wildman–Crippen MR) is 56.6 cm³/mol. The van der Waals surface area contributed by atoms with Crippen LogP contribution < -0.4 is 14.8 Å². The molecular formula is C11H15NO3. The van der Waals surface area contributed by atoms with Crippen LogP contribution in [0.2, 0.25) is 0 Å². The molecule has 0 aliphatic carbocycles. The lowest BCUT2D eigenvalue weighted by atomic mass is 10.00. The van der Waals surface area contributed by atoms with E-state index in [0.29, 0.717) is 11.5 Å². The number of aromatic hydroxyl groups is 1. The zero-order valence-electron chi connectivity index (χ0n) is 8.91. The first-order valence-corrected chi connectivity index (χ1v) is 4.90. The van der Waals surface area contributed by atoms with E-state index >= 15 is 0 Å². The van der Waals surface area contributed by atoms with Crippen LogP contribution in [0.25, 0.3) is 0 Å². The van der Waals surface area contributed by atoms with Gasteiger partial charge < -0.3 is 19.9 Å². The highest BCUT2D eigenvalue weighted by Crippen LogP contribution is 2.37. The van der Waals surface area contributed by atoms with Crippen molar-refractivity contribution in [2.45, 2.75) is 12.5 Å². The van der Waals surface area contributed by atoms with Gasteiger partial charge in [-0.05, 0) is 19.1 Å². The maximum Gasteiger partial charge on any atom is 0.200 e. The summed E-state index contributed by atoms with van der Waals surface area (Å²) in [6.45, 7) is 3.59. The van der Waals surface area contributed by atoms with Gasteiger partial charge in [0.2, 0.25) is 5.75 Å². The molecule has 1 fully saturated rings. The highest BCUT2D eigenvalue weighted by molar-refractivity contribution is 5.50. The van der Waals surface area contributed by atoms with Crippen molar-refractivity contribution in [3.05, 3.63) is 18.2 Å². The number of para-hydroxylation sites is 1. The molecule has 0 amide bonds. The third-order valence-electron chi connectivity index (χ3n) is 2.54. The molecule has 0 radical (unpaired) electrons. The lowest BCUT2D eigenvalue weighted by molar-refractivity contribution is 0.0321. The average molecular weight is 209 g/mol. The molecule has 0 bridgehead atoms. The molecule has 1 aliphatic heterocycles. The Labute approximate surface area is 88.8 Å². The largest absolute Gasteiger partial charge is 0.502 e. The number of nitrogens with one attached hydrogen (secondary N) is 1. The normalized spacial score (nSPS) is 18.0. The molecule has 4 heteroatoms. The summed E-state index contributed by atoms with van der Waals surface area (Å²) in [4.78, 5) is 0. The Morgan fingerprint density at radius 3 is 2.53 bits per heavy atom. The molecule has 0 atom stereocenters. The number of phenolic OH excluding ortho intramolecular Hbond substituents is 1. The summed E-state index contributed by atoms with van der Waals surface area (Å²) in [6, 6.07) is 5.23. The van der Waals surface area contributed by atoms with Crippen molar-refractivity contribution in [3.8, 4) is 17.2 Å². The van der Waals surface area contributed by atoms with Crippen LogP contribution in [-0.2, 0) is 0 Å². The molecule has 2 N–H and O–H groups in total. The highest BCUT2D eigenvalue weighted by Gasteiger charge is 2.34. The Morgan fingerprint density at radius 1 is 1.33 bits per heavy atom. The molecule has 1 heterocycles. The van der Waals surface area contributed by atoms with Crippen molar-refractivity contribution in [2.24, 2.45) is 0 Å². The zero-order valence-corrected chi connectivity index (χ0v) is 8.91.